The van der Waals surface area contributed by atoms with Gasteiger partial charge in [0.1, 0.15) is 6.04 Å². The first kappa shape index (κ1) is 15.5. The van der Waals surface area contributed by atoms with Crippen LogP contribution in [0, 0.1) is 0 Å². The molecule has 5 N–H and O–H groups in total. The molecule has 122 valence electrons. The minimum atomic E-state index is -1.08. The number of benzene rings is 2. The summed E-state index contributed by atoms with van der Waals surface area (Å²) < 4.78 is 0. The molecule has 0 saturated carbocycles. The van der Waals surface area contributed by atoms with E-state index in [2.05, 4.69) is 15.5 Å². The maximum Gasteiger partial charge on any atom is 0.326 e. The smallest absolute Gasteiger partial charge is 0.326 e. The summed E-state index contributed by atoms with van der Waals surface area (Å²) in [7, 11) is 0. The number of hydrogen-bond acceptors (Lipinski definition) is 4. The van der Waals surface area contributed by atoms with E-state index in [0.717, 1.165) is 5.56 Å². The molecule has 7 heteroatoms. The number of nitrogens with zero attached hydrogens (tertiary/aromatic N) is 1. The molecule has 0 aliphatic heterocycles. The van der Waals surface area contributed by atoms with Crippen molar-refractivity contribution in [1.82, 2.24) is 15.5 Å². The number of carboxylic acid groups (broad SMARTS) is 1. The molecule has 0 saturated heterocycles. The first-order valence-electron chi connectivity index (χ1n) is 7.36. The van der Waals surface area contributed by atoms with Crippen molar-refractivity contribution >= 4 is 28.6 Å². The Bertz CT molecular complexity index is 889. The van der Waals surface area contributed by atoms with Gasteiger partial charge >= 0.3 is 5.97 Å². The SMILES string of the molecule is Nc1n[nH]c2cc(C(=O)N[C@@H](Cc3ccccc3)C(=O)O)ccc12. The van der Waals surface area contributed by atoms with Gasteiger partial charge in [-0.1, -0.05) is 30.3 Å². The quantitative estimate of drug-likeness (QED) is 0.567. The Labute approximate surface area is 137 Å². The van der Waals surface area contributed by atoms with Crippen LogP contribution in [-0.2, 0) is 11.2 Å². The van der Waals surface area contributed by atoms with Gasteiger partial charge in [0.15, 0.2) is 5.82 Å². The molecule has 0 spiro atoms. The molecule has 1 heterocycles. The Morgan fingerprint density at radius 3 is 2.67 bits per heavy atom. The van der Waals surface area contributed by atoms with E-state index in [1.165, 1.54) is 0 Å². The summed E-state index contributed by atoms with van der Waals surface area (Å²) in [5, 5.41) is 19.2. The number of aromatic nitrogens is 2. The number of nitrogens with one attached hydrogen (secondary N) is 2. The van der Waals surface area contributed by atoms with Crippen molar-refractivity contribution in [3.8, 4) is 0 Å². The van der Waals surface area contributed by atoms with Gasteiger partial charge in [0, 0.05) is 17.4 Å². The lowest BCUT2D eigenvalue weighted by Gasteiger charge is -2.14. The number of rotatable bonds is 5. The zero-order valence-electron chi connectivity index (χ0n) is 12.7. The van der Waals surface area contributed by atoms with E-state index in [4.69, 9.17) is 5.73 Å². The fourth-order valence-electron chi connectivity index (χ4n) is 2.47. The Balaban J connectivity index is 1.78. The van der Waals surface area contributed by atoms with Gasteiger partial charge in [-0.05, 0) is 23.8 Å². The molecule has 1 aromatic heterocycles. The van der Waals surface area contributed by atoms with Crippen LogP contribution in [0.2, 0.25) is 0 Å². The van der Waals surface area contributed by atoms with E-state index < -0.39 is 17.9 Å². The number of carboxylic acids is 1. The minimum absolute atomic E-state index is 0.209. The van der Waals surface area contributed by atoms with Crippen LogP contribution in [0.25, 0.3) is 10.9 Å². The van der Waals surface area contributed by atoms with Crippen LogP contribution in [0.15, 0.2) is 48.5 Å². The number of aliphatic carboxylic acids is 1. The Morgan fingerprint density at radius 2 is 1.96 bits per heavy atom. The summed E-state index contributed by atoms with van der Waals surface area (Å²) in [6, 6.07) is 13.0. The number of nitrogens with two attached hydrogens (primary N) is 1. The van der Waals surface area contributed by atoms with E-state index in [9.17, 15) is 14.7 Å². The topological polar surface area (TPSA) is 121 Å². The van der Waals surface area contributed by atoms with Crippen molar-refractivity contribution in [2.75, 3.05) is 5.73 Å². The molecule has 24 heavy (non-hydrogen) atoms. The summed E-state index contributed by atoms with van der Waals surface area (Å²) in [6.45, 7) is 0. The molecular formula is C17H16N4O3. The van der Waals surface area contributed by atoms with Crippen molar-refractivity contribution in [2.45, 2.75) is 12.5 Å². The average Bonchev–Trinajstić information content (AvgIpc) is 2.95. The molecule has 7 nitrogen and oxygen atoms in total. The van der Waals surface area contributed by atoms with Gasteiger partial charge in [0.2, 0.25) is 0 Å². The largest absolute Gasteiger partial charge is 0.480 e. The third-order valence-electron chi connectivity index (χ3n) is 3.74. The maximum atomic E-state index is 12.4. The molecule has 0 radical (unpaired) electrons. The Kier molecular flexibility index (Phi) is 4.15. The summed E-state index contributed by atoms with van der Waals surface area (Å²) in [6.07, 6.45) is 0.209. The second-order valence-corrected chi connectivity index (χ2v) is 5.42. The second-order valence-electron chi connectivity index (χ2n) is 5.42. The normalized spacial score (nSPS) is 12.0. The molecule has 3 rings (SSSR count). The fraction of sp³-hybridized carbons (Fsp3) is 0.118. The van der Waals surface area contributed by atoms with Gasteiger partial charge in [-0.2, -0.15) is 5.10 Å². The molecule has 2 aromatic carbocycles. The van der Waals surface area contributed by atoms with Crippen molar-refractivity contribution in [3.63, 3.8) is 0 Å². The number of anilines is 1. The molecule has 3 aromatic rings. The zero-order chi connectivity index (χ0) is 17.1. The highest BCUT2D eigenvalue weighted by Crippen LogP contribution is 2.19. The monoisotopic (exact) mass is 324 g/mol. The molecule has 0 unspecified atom stereocenters. The number of carbonyl (C=O) groups is 2. The van der Waals surface area contributed by atoms with Crippen LogP contribution >= 0.6 is 0 Å². The number of H-pyrrole nitrogens is 1. The predicted molar refractivity (Wildman–Crippen MR) is 89.5 cm³/mol. The lowest BCUT2D eigenvalue weighted by atomic mass is 10.1. The summed E-state index contributed by atoms with van der Waals surface area (Å²) in [5.41, 5.74) is 7.48. The van der Waals surface area contributed by atoms with Crippen molar-refractivity contribution < 1.29 is 14.7 Å². The predicted octanol–water partition coefficient (Wildman–Crippen LogP) is 1.57. The number of aromatic amines is 1. The third kappa shape index (κ3) is 3.19. The van der Waals surface area contributed by atoms with Crippen LogP contribution in [0.3, 0.4) is 0 Å². The van der Waals surface area contributed by atoms with Gasteiger partial charge in [0.05, 0.1) is 5.52 Å². The lowest BCUT2D eigenvalue weighted by molar-refractivity contribution is -0.139. The zero-order valence-corrected chi connectivity index (χ0v) is 12.7. The molecule has 0 fully saturated rings. The van der Waals surface area contributed by atoms with Gasteiger partial charge < -0.3 is 16.2 Å². The van der Waals surface area contributed by atoms with Gasteiger partial charge in [-0.3, -0.25) is 9.89 Å². The highest BCUT2D eigenvalue weighted by atomic mass is 16.4. The number of carbonyl (C=O) groups excluding carboxylic acids is 1. The highest BCUT2D eigenvalue weighted by Gasteiger charge is 2.21. The van der Waals surface area contributed by atoms with E-state index in [-0.39, 0.29) is 6.42 Å². The second kappa shape index (κ2) is 6.41. The van der Waals surface area contributed by atoms with Crippen LogP contribution < -0.4 is 11.1 Å². The first-order chi connectivity index (χ1) is 11.5. The van der Waals surface area contributed by atoms with Crippen molar-refractivity contribution in [1.29, 1.82) is 0 Å². The van der Waals surface area contributed by atoms with Gasteiger partial charge in [-0.15, -0.1) is 0 Å². The van der Waals surface area contributed by atoms with Crippen LogP contribution in [-0.4, -0.2) is 33.2 Å². The standard InChI is InChI=1S/C17H16N4O3/c18-15-12-7-6-11(9-13(12)20-21-15)16(22)19-14(17(23)24)8-10-4-2-1-3-5-10/h1-7,9,14H,8H2,(H,19,22)(H,23,24)(H3,18,20,21)/t14-/m0/s1. The number of amides is 1. The Morgan fingerprint density at radius 1 is 1.21 bits per heavy atom. The molecule has 1 atom stereocenters. The third-order valence-corrected chi connectivity index (χ3v) is 3.74. The average molecular weight is 324 g/mol. The number of nitrogen functional groups attached to an aromatic ring is 1. The number of hydrogen-bond donors (Lipinski definition) is 4. The summed E-state index contributed by atoms with van der Waals surface area (Å²) in [4.78, 5) is 23.8. The molecule has 0 bridgehead atoms. The molecular weight excluding hydrogens is 308 g/mol. The van der Waals surface area contributed by atoms with Gasteiger partial charge in [0.25, 0.3) is 5.91 Å². The Hall–Kier alpha value is -3.35. The first-order valence-corrected chi connectivity index (χ1v) is 7.36. The van der Waals surface area contributed by atoms with Crippen LogP contribution in [0.4, 0.5) is 5.82 Å². The highest BCUT2D eigenvalue weighted by molar-refractivity contribution is 6.01. The molecule has 1 amide bonds. The maximum absolute atomic E-state index is 12.4. The van der Waals surface area contributed by atoms with Crippen LogP contribution in [0.5, 0.6) is 0 Å². The van der Waals surface area contributed by atoms with Gasteiger partial charge in [-0.25, -0.2) is 4.79 Å². The van der Waals surface area contributed by atoms with Crippen LogP contribution in [0.1, 0.15) is 15.9 Å². The van der Waals surface area contributed by atoms with E-state index in [1.54, 1.807) is 18.2 Å². The minimum Gasteiger partial charge on any atom is -0.480 e. The van der Waals surface area contributed by atoms with Crippen molar-refractivity contribution in [3.05, 3.63) is 59.7 Å². The fourth-order valence-corrected chi connectivity index (χ4v) is 2.47. The number of fused-ring (bicyclic) bond motifs is 1. The summed E-state index contributed by atoms with van der Waals surface area (Å²) in [5.74, 6) is -1.20. The molecule has 0 aliphatic carbocycles. The molecule has 0 aliphatic rings. The van der Waals surface area contributed by atoms with E-state index in [1.807, 2.05) is 30.3 Å². The van der Waals surface area contributed by atoms with E-state index >= 15 is 0 Å². The summed E-state index contributed by atoms with van der Waals surface area (Å²) >= 11 is 0. The lowest BCUT2D eigenvalue weighted by Crippen LogP contribution is -2.42. The van der Waals surface area contributed by atoms with E-state index in [0.29, 0.717) is 22.3 Å². The van der Waals surface area contributed by atoms with Crippen molar-refractivity contribution in [2.24, 2.45) is 0 Å².